The molecule has 0 saturated carbocycles. The second-order valence-electron chi connectivity index (χ2n) is 10.3. The number of epoxide rings is 1. The average Bonchev–Trinajstić information content (AvgIpc) is 3.44. The van der Waals surface area contributed by atoms with Crippen LogP contribution < -0.4 is 4.74 Å². The molecule has 2 N–H and O–H groups in total. The highest BCUT2D eigenvalue weighted by Gasteiger charge is 2.47. The lowest BCUT2D eigenvalue weighted by Gasteiger charge is -2.47. The van der Waals surface area contributed by atoms with Gasteiger partial charge in [0, 0.05) is 23.0 Å². The molecule has 30 heavy (non-hydrogen) atoms. The highest BCUT2D eigenvalue weighted by Crippen LogP contribution is 2.55. The molecule has 1 aromatic rings. The quantitative estimate of drug-likeness (QED) is 0.617. The molecule has 2 unspecified atom stereocenters. The van der Waals surface area contributed by atoms with E-state index in [4.69, 9.17) is 9.47 Å². The summed E-state index contributed by atoms with van der Waals surface area (Å²) in [7, 11) is 0. The van der Waals surface area contributed by atoms with Crippen molar-refractivity contribution in [1.29, 1.82) is 0 Å². The summed E-state index contributed by atoms with van der Waals surface area (Å²) in [6, 6.07) is 3.93. The van der Waals surface area contributed by atoms with Crippen LogP contribution in [0.25, 0.3) is 0 Å². The van der Waals surface area contributed by atoms with Gasteiger partial charge in [-0.1, -0.05) is 26.8 Å². The molecule has 1 fully saturated rings. The number of aromatic hydroxyl groups is 1. The lowest BCUT2D eigenvalue weighted by molar-refractivity contribution is -0.133. The average molecular weight is 415 g/mol. The normalized spacial score (nSPS) is 29.3. The van der Waals surface area contributed by atoms with E-state index in [1.54, 1.807) is 0 Å². The van der Waals surface area contributed by atoms with E-state index in [1.807, 2.05) is 12.1 Å². The Morgan fingerprint density at radius 2 is 2.00 bits per heavy atom. The Kier molecular flexibility index (Phi) is 5.16. The first-order valence-corrected chi connectivity index (χ1v) is 11.2. The summed E-state index contributed by atoms with van der Waals surface area (Å²) in [6.07, 6.45) is 6.68. The fraction of sp³-hybridized carbons (Fsp3) is 0.640. The van der Waals surface area contributed by atoms with Gasteiger partial charge in [0.25, 0.3) is 0 Å². The standard InChI is InChI=1S/C25H34O5/c1-6-19-20(29-19)9-10-24(2,3)15-12-18(26)22-16-11-14(23(27)28)7-8-17(16)25(4,5)30-21(22)13-15/h7,12-13,16-17,19-20,26H,6,8-11H2,1-5H3,(H,27,28)/t16-,17-,19?,20?/m1/s1. The molecule has 4 rings (SSSR count). The minimum atomic E-state index is -0.871. The van der Waals surface area contributed by atoms with E-state index in [0.717, 1.165) is 30.4 Å². The van der Waals surface area contributed by atoms with Gasteiger partial charge in [-0.2, -0.15) is 0 Å². The van der Waals surface area contributed by atoms with Crippen molar-refractivity contribution in [2.45, 2.75) is 95.9 Å². The van der Waals surface area contributed by atoms with Gasteiger partial charge in [-0.05, 0) is 69.1 Å². The van der Waals surface area contributed by atoms with E-state index in [2.05, 4.69) is 40.7 Å². The topological polar surface area (TPSA) is 79.3 Å². The number of carbonyl (C=O) groups is 1. The van der Waals surface area contributed by atoms with Gasteiger partial charge in [0.15, 0.2) is 0 Å². The minimum absolute atomic E-state index is 0.0535. The number of hydrogen-bond donors (Lipinski definition) is 2. The molecule has 0 aromatic heterocycles. The van der Waals surface area contributed by atoms with Crippen LogP contribution >= 0.6 is 0 Å². The minimum Gasteiger partial charge on any atom is -0.508 e. The first-order chi connectivity index (χ1) is 14.0. The summed E-state index contributed by atoms with van der Waals surface area (Å²) >= 11 is 0. The van der Waals surface area contributed by atoms with E-state index < -0.39 is 11.6 Å². The Morgan fingerprint density at radius 1 is 1.27 bits per heavy atom. The van der Waals surface area contributed by atoms with Crippen LogP contribution in [0, 0.1) is 5.92 Å². The lowest BCUT2D eigenvalue weighted by atomic mass is 9.66. The van der Waals surface area contributed by atoms with E-state index in [-0.39, 0.29) is 23.0 Å². The van der Waals surface area contributed by atoms with Gasteiger partial charge >= 0.3 is 5.97 Å². The van der Waals surface area contributed by atoms with Crippen molar-refractivity contribution in [2.24, 2.45) is 5.92 Å². The molecule has 164 valence electrons. The number of benzene rings is 1. The van der Waals surface area contributed by atoms with Crippen molar-refractivity contribution >= 4 is 5.97 Å². The molecule has 2 aliphatic heterocycles. The van der Waals surface area contributed by atoms with Crippen LogP contribution in [0.15, 0.2) is 23.8 Å². The highest BCUT2D eigenvalue weighted by molar-refractivity contribution is 5.87. The fourth-order valence-corrected chi connectivity index (χ4v) is 5.40. The van der Waals surface area contributed by atoms with Crippen LogP contribution in [0.3, 0.4) is 0 Å². The molecule has 5 nitrogen and oxygen atoms in total. The zero-order chi connectivity index (χ0) is 21.8. The summed E-state index contributed by atoms with van der Waals surface area (Å²) in [4.78, 5) is 11.6. The summed E-state index contributed by atoms with van der Waals surface area (Å²) in [6.45, 7) is 10.7. The van der Waals surface area contributed by atoms with E-state index in [9.17, 15) is 15.0 Å². The zero-order valence-electron chi connectivity index (χ0n) is 18.7. The molecule has 0 bridgehead atoms. The number of carboxylic acids is 1. The Morgan fingerprint density at radius 3 is 2.63 bits per heavy atom. The number of ether oxygens (including phenoxy) is 2. The van der Waals surface area contributed by atoms with Gasteiger partial charge in [-0.15, -0.1) is 0 Å². The van der Waals surface area contributed by atoms with Crippen molar-refractivity contribution < 1.29 is 24.5 Å². The Balaban J connectivity index is 1.64. The maximum atomic E-state index is 11.6. The summed E-state index contributed by atoms with van der Waals surface area (Å²) in [5.74, 6) is 0.133. The monoisotopic (exact) mass is 414 g/mol. The van der Waals surface area contributed by atoms with Crippen molar-refractivity contribution in [3.8, 4) is 11.5 Å². The van der Waals surface area contributed by atoms with E-state index in [1.165, 1.54) is 0 Å². The van der Waals surface area contributed by atoms with Crippen molar-refractivity contribution in [2.75, 3.05) is 0 Å². The molecule has 3 aliphatic rings. The number of allylic oxidation sites excluding steroid dienone is 1. The number of phenols is 1. The number of hydrogen-bond acceptors (Lipinski definition) is 4. The molecule has 5 heteroatoms. The molecular weight excluding hydrogens is 380 g/mol. The zero-order valence-corrected chi connectivity index (χ0v) is 18.7. The first kappa shape index (κ1) is 21.2. The second kappa shape index (κ2) is 7.30. The number of aliphatic carboxylic acids is 1. The van der Waals surface area contributed by atoms with Crippen molar-refractivity contribution in [3.05, 3.63) is 34.9 Å². The van der Waals surface area contributed by atoms with E-state index >= 15 is 0 Å². The lowest BCUT2D eigenvalue weighted by Crippen LogP contribution is -2.46. The van der Waals surface area contributed by atoms with Gasteiger partial charge in [-0.3, -0.25) is 0 Å². The summed E-state index contributed by atoms with van der Waals surface area (Å²) < 4.78 is 12.1. The number of carboxylic acid groups (broad SMARTS) is 1. The van der Waals surface area contributed by atoms with Gasteiger partial charge in [-0.25, -0.2) is 4.79 Å². The van der Waals surface area contributed by atoms with Gasteiger partial charge in [0.1, 0.15) is 17.1 Å². The van der Waals surface area contributed by atoms with Gasteiger partial charge in [0.2, 0.25) is 0 Å². The number of rotatable bonds is 6. The molecule has 0 radical (unpaired) electrons. The predicted octanol–water partition coefficient (Wildman–Crippen LogP) is 5.30. The summed E-state index contributed by atoms with van der Waals surface area (Å²) in [5.41, 5.74) is 1.69. The van der Waals surface area contributed by atoms with Crippen LogP contribution in [0.5, 0.6) is 11.5 Å². The fourth-order valence-electron chi connectivity index (χ4n) is 5.40. The van der Waals surface area contributed by atoms with Crippen LogP contribution in [0.1, 0.15) is 83.8 Å². The molecule has 4 atom stereocenters. The largest absolute Gasteiger partial charge is 0.508 e. The maximum absolute atomic E-state index is 11.6. The number of fused-ring (bicyclic) bond motifs is 3. The van der Waals surface area contributed by atoms with Crippen LogP contribution in [0.4, 0.5) is 0 Å². The smallest absolute Gasteiger partial charge is 0.331 e. The molecule has 0 amide bonds. The third kappa shape index (κ3) is 3.73. The highest BCUT2D eigenvalue weighted by atomic mass is 16.6. The van der Waals surface area contributed by atoms with Crippen LogP contribution in [0.2, 0.25) is 0 Å². The Bertz CT molecular complexity index is 882. The molecule has 1 aliphatic carbocycles. The SMILES string of the molecule is CCC1OC1CCC(C)(C)c1cc(O)c2c(c1)OC(C)(C)[C@@H]1CC=C(C(=O)O)C[C@@H]21. The van der Waals surface area contributed by atoms with Crippen molar-refractivity contribution in [3.63, 3.8) is 0 Å². The predicted molar refractivity (Wildman–Crippen MR) is 115 cm³/mol. The summed E-state index contributed by atoms with van der Waals surface area (Å²) in [5, 5.41) is 20.5. The van der Waals surface area contributed by atoms with E-state index in [0.29, 0.717) is 36.4 Å². The third-order valence-electron chi connectivity index (χ3n) is 7.50. The Hall–Kier alpha value is -2.01. The third-order valence-corrected chi connectivity index (χ3v) is 7.50. The molecule has 1 saturated heterocycles. The van der Waals surface area contributed by atoms with Gasteiger partial charge < -0.3 is 19.7 Å². The van der Waals surface area contributed by atoms with Crippen molar-refractivity contribution in [1.82, 2.24) is 0 Å². The van der Waals surface area contributed by atoms with Crippen LogP contribution in [-0.4, -0.2) is 34.0 Å². The van der Waals surface area contributed by atoms with Gasteiger partial charge in [0.05, 0.1) is 12.2 Å². The molecule has 2 heterocycles. The number of phenolic OH excluding ortho intramolecular Hbond substituents is 1. The Labute approximate surface area is 179 Å². The second-order valence-corrected chi connectivity index (χ2v) is 10.3. The molecule has 1 aromatic carbocycles. The maximum Gasteiger partial charge on any atom is 0.331 e. The molecule has 0 spiro atoms. The first-order valence-electron chi connectivity index (χ1n) is 11.2. The molecular formula is C25H34O5. The van der Waals surface area contributed by atoms with Crippen LogP contribution in [-0.2, 0) is 14.9 Å².